The molecule has 1 saturated heterocycles. The van der Waals surface area contributed by atoms with Gasteiger partial charge in [0.15, 0.2) is 0 Å². The second kappa shape index (κ2) is 7.83. The molecule has 1 amide bonds. The molecule has 1 aliphatic heterocycles. The van der Waals surface area contributed by atoms with Gasteiger partial charge in [-0.1, -0.05) is 26.0 Å². The van der Waals surface area contributed by atoms with Crippen LogP contribution in [-0.2, 0) is 17.8 Å². The number of carbonyl (C=O) groups is 1. The first kappa shape index (κ1) is 17.7. The Balaban J connectivity index is 1.66. The Morgan fingerprint density at radius 2 is 1.88 bits per heavy atom. The van der Waals surface area contributed by atoms with E-state index in [1.165, 1.54) is 5.56 Å². The van der Waals surface area contributed by atoms with E-state index >= 15 is 0 Å². The van der Waals surface area contributed by atoms with E-state index in [1.54, 1.807) is 0 Å². The molecule has 5 nitrogen and oxygen atoms in total. The van der Waals surface area contributed by atoms with Gasteiger partial charge in [-0.25, -0.2) is 0 Å². The fourth-order valence-electron chi connectivity index (χ4n) is 3.44. The van der Waals surface area contributed by atoms with Crippen LogP contribution in [0.25, 0.3) is 10.9 Å². The first-order valence-electron chi connectivity index (χ1n) is 9.25. The molecule has 0 aliphatic carbocycles. The molecule has 1 aromatic carbocycles. The minimum absolute atomic E-state index is 0.00945. The fraction of sp³-hybridized carbons (Fsp3) is 0.500. The molecule has 0 unspecified atom stereocenters. The van der Waals surface area contributed by atoms with Crippen LogP contribution in [0.2, 0.25) is 0 Å². The highest BCUT2D eigenvalue weighted by Crippen LogP contribution is 2.16. The number of nitrogens with one attached hydrogen (secondary N) is 1. The number of hydrogen-bond acceptors (Lipinski definition) is 3. The molecule has 0 saturated carbocycles. The van der Waals surface area contributed by atoms with E-state index in [1.807, 2.05) is 24.8 Å². The normalized spacial score (nSPS) is 15.7. The van der Waals surface area contributed by atoms with Crippen molar-refractivity contribution in [2.45, 2.75) is 39.7 Å². The van der Waals surface area contributed by atoms with E-state index in [4.69, 9.17) is 0 Å². The van der Waals surface area contributed by atoms with E-state index < -0.39 is 0 Å². The van der Waals surface area contributed by atoms with Crippen LogP contribution < -0.4 is 5.56 Å². The zero-order chi connectivity index (χ0) is 17.8. The number of fused-ring (bicyclic) bond motifs is 1. The fourth-order valence-corrected chi connectivity index (χ4v) is 3.44. The van der Waals surface area contributed by atoms with Crippen molar-refractivity contribution in [3.8, 4) is 0 Å². The van der Waals surface area contributed by atoms with Crippen LogP contribution in [0.4, 0.5) is 0 Å². The maximum absolute atomic E-state index is 12.0. The molecule has 0 radical (unpaired) electrons. The number of H-pyrrole nitrogens is 1. The van der Waals surface area contributed by atoms with Gasteiger partial charge in [0.1, 0.15) is 0 Å². The third kappa shape index (κ3) is 4.10. The number of hydrogen-bond donors (Lipinski definition) is 1. The van der Waals surface area contributed by atoms with Gasteiger partial charge < -0.3 is 9.88 Å². The lowest BCUT2D eigenvalue weighted by atomic mass is 10.1. The average molecular weight is 341 g/mol. The minimum Gasteiger partial charge on any atom is -0.340 e. The molecule has 134 valence electrons. The third-order valence-electron chi connectivity index (χ3n) is 4.96. The molecular weight excluding hydrogens is 314 g/mol. The van der Waals surface area contributed by atoms with E-state index in [0.717, 1.165) is 62.0 Å². The van der Waals surface area contributed by atoms with Crippen LogP contribution in [0.15, 0.2) is 29.1 Å². The second-order valence-electron chi connectivity index (χ2n) is 6.81. The van der Waals surface area contributed by atoms with Crippen LogP contribution in [0.1, 0.15) is 37.8 Å². The molecule has 25 heavy (non-hydrogen) atoms. The summed E-state index contributed by atoms with van der Waals surface area (Å²) in [5.74, 6) is 0.275. The van der Waals surface area contributed by atoms with Crippen molar-refractivity contribution in [2.75, 3.05) is 26.2 Å². The summed E-state index contributed by atoms with van der Waals surface area (Å²) in [6.45, 7) is 8.31. The van der Waals surface area contributed by atoms with E-state index in [2.05, 4.69) is 28.1 Å². The van der Waals surface area contributed by atoms with Gasteiger partial charge in [-0.3, -0.25) is 14.5 Å². The lowest BCUT2D eigenvalue weighted by molar-refractivity contribution is -0.133. The summed E-state index contributed by atoms with van der Waals surface area (Å²) < 4.78 is 0. The zero-order valence-corrected chi connectivity index (χ0v) is 15.2. The molecule has 1 fully saturated rings. The van der Waals surface area contributed by atoms with Gasteiger partial charge in [-0.05, 0) is 35.9 Å². The Hall–Kier alpha value is -2.14. The Morgan fingerprint density at radius 1 is 1.12 bits per heavy atom. The molecular formula is C20H27N3O2. The van der Waals surface area contributed by atoms with Gasteiger partial charge in [0.25, 0.3) is 5.56 Å². The Labute approximate surface area is 148 Å². The van der Waals surface area contributed by atoms with Gasteiger partial charge in [0, 0.05) is 50.2 Å². The first-order valence-corrected chi connectivity index (χ1v) is 9.25. The Kier molecular flexibility index (Phi) is 5.53. The monoisotopic (exact) mass is 341 g/mol. The number of benzene rings is 1. The minimum atomic E-state index is 0.00945. The predicted molar refractivity (Wildman–Crippen MR) is 101 cm³/mol. The van der Waals surface area contributed by atoms with Gasteiger partial charge in [0.2, 0.25) is 5.91 Å². The number of aromatic amines is 1. The van der Waals surface area contributed by atoms with E-state index in [-0.39, 0.29) is 11.5 Å². The number of aryl methyl sites for hydroxylation is 1. The van der Waals surface area contributed by atoms with E-state index in [0.29, 0.717) is 6.42 Å². The first-order chi connectivity index (χ1) is 12.1. The standard InChI is InChI=1S/C20H27N3O2/c1-3-5-19(24)23-10-8-22(9-11-23)14-15-6-7-17-13-16(4-2)20(25)21-18(17)12-15/h6-7,12-13H,3-5,8-11,14H2,1-2H3,(H,21,25). The van der Waals surface area contributed by atoms with Crippen molar-refractivity contribution in [3.05, 3.63) is 45.7 Å². The maximum Gasteiger partial charge on any atom is 0.251 e. The summed E-state index contributed by atoms with van der Waals surface area (Å²) in [5, 5.41) is 1.08. The highest BCUT2D eigenvalue weighted by atomic mass is 16.2. The van der Waals surface area contributed by atoms with Crippen LogP contribution in [-0.4, -0.2) is 46.9 Å². The molecule has 2 heterocycles. The maximum atomic E-state index is 12.0. The lowest BCUT2D eigenvalue weighted by Crippen LogP contribution is -2.48. The molecule has 1 aromatic heterocycles. The van der Waals surface area contributed by atoms with Crippen LogP contribution >= 0.6 is 0 Å². The number of nitrogens with zero attached hydrogens (tertiary/aromatic N) is 2. The van der Waals surface area contributed by atoms with Crippen molar-refractivity contribution in [3.63, 3.8) is 0 Å². The molecule has 0 bridgehead atoms. The van der Waals surface area contributed by atoms with Crippen LogP contribution in [0.3, 0.4) is 0 Å². The molecule has 0 atom stereocenters. The van der Waals surface area contributed by atoms with Crippen molar-refractivity contribution in [1.29, 1.82) is 0 Å². The van der Waals surface area contributed by atoms with Crippen molar-refractivity contribution in [2.24, 2.45) is 0 Å². The summed E-state index contributed by atoms with van der Waals surface area (Å²) in [6, 6.07) is 8.27. The number of amides is 1. The quantitative estimate of drug-likeness (QED) is 0.909. The zero-order valence-electron chi connectivity index (χ0n) is 15.2. The number of aromatic nitrogens is 1. The smallest absolute Gasteiger partial charge is 0.251 e. The summed E-state index contributed by atoms with van der Waals surface area (Å²) in [6.07, 6.45) is 2.31. The van der Waals surface area contributed by atoms with Crippen molar-refractivity contribution in [1.82, 2.24) is 14.8 Å². The molecule has 2 aromatic rings. The molecule has 1 N–H and O–H groups in total. The van der Waals surface area contributed by atoms with Gasteiger partial charge in [0.05, 0.1) is 0 Å². The van der Waals surface area contributed by atoms with Crippen molar-refractivity contribution >= 4 is 16.8 Å². The number of carbonyl (C=O) groups excluding carboxylic acids is 1. The topological polar surface area (TPSA) is 56.4 Å². The lowest BCUT2D eigenvalue weighted by Gasteiger charge is -2.34. The van der Waals surface area contributed by atoms with Crippen LogP contribution in [0, 0.1) is 0 Å². The van der Waals surface area contributed by atoms with E-state index in [9.17, 15) is 9.59 Å². The van der Waals surface area contributed by atoms with Gasteiger partial charge in [-0.15, -0.1) is 0 Å². The SMILES string of the molecule is CCCC(=O)N1CCN(Cc2ccc3cc(CC)c(=O)[nH]c3c2)CC1. The number of pyridine rings is 1. The Morgan fingerprint density at radius 3 is 2.56 bits per heavy atom. The van der Waals surface area contributed by atoms with Gasteiger partial charge >= 0.3 is 0 Å². The molecule has 5 heteroatoms. The highest BCUT2D eigenvalue weighted by molar-refractivity contribution is 5.79. The Bertz CT molecular complexity index is 804. The predicted octanol–water partition coefficient (Wildman–Crippen LogP) is 2.53. The molecule has 0 spiro atoms. The van der Waals surface area contributed by atoms with Crippen LogP contribution in [0.5, 0.6) is 0 Å². The summed E-state index contributed by atoms with van der Waals surface area (Å²) in [5.41, 5.74) is 2.93. The summed E-state index contributed by atoms with van der Waals surface area (Å²) >= 11 is 0. The molecule has 1 aliphatic rings. The second-order valence-corrected chi connectivity index (χ2v) is 6.81. The third-order valence-corrected chi connectivity index (χ3v) is 4.96. The summed E-state index contributed by atoms with van der Waals surface area (Å²) in [7, 11) is 0. The number of rotatable bonds is 5. The highest BCUT2D eigenvalue weighted by Gasteiger charge is 2.20. The van der Waals surface area contributed by atoms with Crippen molar-refractivity contribution < 1.29 is 4.79 Å². The average Bonchev–Trinajstić information content (AvgIpc) is 2.62. The largest absolute Gasteiger partial charge is 0.340 e. The summed E-state index contributed by atoms with van der Waals surface area (Å²) in [4.78, 5) is 31.3. The van der Waals surface area contributed by atoms with Gasteiger partial charge in [-0.2, -0.15) is 0 Å². The number of piperazine rings is 1. The molecule has 3 rings (SSSR count).